The highest BCUT2D eigenvalue weighted by atomic mass is 15.0. The summed E-state index contributed by atoms with van der Waals surface area (Å²) in [7, 11) is 1.82. The third-order valence-electron chi connectivity index (χ3n) is 5.24. The zero-order chi connectivity index (χ0) is 25.5. The second kappa shape index (κ2) is 7.63. The lowest BCUT2D eigenvalue weighted by atomic mass is 9.89. The fourth-order valence-corrected chi connectivity index (χ4v) is 3.72. The molecule has 0 saturated heterocycles. The van der Waals surface area contributed by atoms with Gasteiger partial charge in [0, 0.05) is 13.8 Å². The maximum Gasteiger partial charge on any atom is 0.286 e. The molecule has 0 N–H and O–H groups in total. The van der Waals surface area contributed by atoms with E-state index in [4.69, 9.17) is 8.22 Å². The van der Waals surface area contributed by atoms with Crippen molar-refractivity contribution in [2.75, 3.05) is 0 Å². The van der Waals surface area contributed by atoms with Crippen LogP contribution in [0.15, 0.2) is 73.2 Å². The first-order chi connectivity index (χ1) is 16.4. The fraction of sp³-hybridized carbons (Fsp3) is 0.185. The van der Waals surface area contributed by atoms with Crippen LogP contribution < -0.4 is 4.57 Å². The van der Waals surface area contributed by atoms with Gasteiger partial charge in [-0.2, -0.15) is 0 Å². The SMILES string of the molecule is [2H]C([2H])([2H])c1cc(-c2ccc(C)cc2)cc(C([2H])([2H])[2H])c1-c1cnc[n+](C)c1-c1ccccc1C. The van der Waals surface area contributed by atoms with Crippen molar-refractivity contribution in [2.24, 2.45) is 7.05 Å². The van der Waals surface area contributed by atoms with Gasteiger partial charge < -0.3 is 0 Å². The van der Waals surface area contributed by atoms with Crippen molar-refractivity contribution in [2.45, 2.75) is 27.6 Å². The molecular formula is C27H27N2+. The average Bonchev–Trinajstić information content (AvgIpc) is 2.78. The number of nitrogens with zero attached hydrogens (tertiary/aromatic N) is 2. The Bertz CT molecular complexity index is 1350. The Hall–Kier alpha value is -3.26. The molecule has 0 amide bonds. The molecule has 3 aromatic carbocycles. The third kappa shape index (κ3) is 3.58. The fourth-order valence-electron chi connectivity index (χ4n) is 3.72. The predicted octanol–water partition coefficient (Wildman–Crippen LogP) is 6.14. The van der Waals surface area contributed by atoms with Crippen LogP contribution in [0.2, 0.25) is 0 Å². The molecule has 0 spiro atoms. The number of benzene rings is 3. The number of hydrogen-bond acceptors (Lipinski definition) is 1. The van der Waals surface area contributed by atoms with Crippen molar-refractivity contribution in [1.82, 2.24) is 4.98 Å². The Labute approximate surface area is 182 Å². The van der Waals surface area contributed by atoms with E-state index in [1.54, 1.807) is 29.2 Å². The molecule has 1 aromatic heterocycles. The average molecular weight is 386 g/mol. The maximum atomic E-state index is 8.35. The van der Waals surface area contributed by atoms with E-state index >= 15 is 0 Å². The molecule has 2 nitrogen and oxygen atoms in total. The smallest absolute Gasteiger partial charge is 0.232 e. The summed E-state index contributed by atoms with van der Waals surface area (Å²) in [6.07, 6.45) is 3.20. The Morgan fingerprint density at radius 1 is 0.793 bits per heavy atom. The van der Waals surface area contributed by atoms with E-state index in [0.717, 1.165) is 22.3 Å². The van der Waals surface area contributed by atoms with E-state index in [0.29, 0.717) is 16.8 Å². The van der Waals surface area contributed by atoms with E-state index < -0.39 is 13.7 Å². The first-order valence-corrected chi connectivity index (χ1v) is 9.54. The summed E-state index contributed by atoms with van der Waals surface area (Å²) in [6, 6.07) is 18.5. The quantitative estimate of drug-likeness (QED) is 0.387. The first kappa shape index (κ1) is 13.1. The third-order valence-corrected chi connectivity index (χ3v) is 5.24. The van der Waals surface area contributed by atoms with E-state index in [2.05, 4.69) is 4.98 Å². The Morgan fingerprint density at radius 3 is 2.14 bits per heavy atom. The van der Waals surface area contributed by atoms with Crippen molar-refractivity contribution in [3.05, 3.63) is 95.4 Å². The van der Waals surface area contributed by atoms with Gasteiger partial charge in [0.15, 0.2) is 6.20 Å². The van der Waals surface area contributed by atoms with Crippen LogP contribution >= 0.6 is 0 Å². The minimum atomic E-state index is -2.55. The van der Waals surface area contributed by atoms with Gasteiger partial charge in [0.2, 0.25) is 0 Å². The summed E-state index contributed by atoms with van der Waals surface area (Å²) >= 11 is 0. The van der Waals surface area contributed by atoms with Gasteiger partial charge in [-0.25, -0.2) is 4.57 Å². The summed E-state index contributed by atoms with van der Waals surface area (Å²) in [6.45, 7) is -1.17. The molecule has 144 valence electrons. The largest absolute Gasteiger partial charge is 0.286 e. The summed E-state index contributed by atoms with van der Waals surface area (Å²) in [5.74, 6) is 0. The molecule has 0 aliphatic carbocycles. The molecule has 0 aliphatic rings. The highest BCUT2D eigenvalue weighted by Gasteiger charge is 2.21. The van der Waals surface area contributed by atoms with Gasteiger partial charge in [0.25, 0.3) is 6.33 Å². The van der Waals surface area contributed by atoms with Gasteiger partial charge in [0.1, 0.15) is 5.69 Å². The highest BCUT2D eigenvalue weighted by Crippen LogP contribution is 2.36. The number of aryl methyl sites for hydroxylation is 5. The van der Waals surface area contributed by atoms with Gasteiger partial charge in [-0.1, -0.05) is 71.2 Å². The van der Waals surface area contributed by atoms with E-state index in [-0.39, 0.29) is 16.7 Å². The van der Waals surface area contributed by atoms with Gasteiger partial charge in [-0.05, 0) is 60.9 Å². The molecule has 1 heterocycles. The van der Waals surface area contributed by atoms with E-state index in [1.807, 2.05) is 69.4 Å². The molecule has 0 radical (unpaired) electrons. The number of aromatic nitrogens is 2. The van der Waals surface area contributed by atoms with Crippen molar-refractivity contribution < 1.29 is 12.8 Å². The number of hydrogen-bond donors (Lipinski definition) is 0. The van der Waals surface area contributed by atoms with Gasteiger partial charge in [-0.3, -0.25) is 0 Å². The Kier molecular flexibility index (Phi) is 3.44. The molecule has 29 heavy (non-hydrogen) atoms. The molecule has 0 fully saturated rings. The molecule has 0 saturated carbocycles. The normalized spacial score (nSPS) is 14.9. The topological polar surface area (TPSA) is 16.8 Å². The second-order valence-electron chi connectivity index (χ2n) is 7.39. The molecule has 0 atom stereocenters. The molecular weight excluding hydrogens is 352 g/mol. The van der Waals surface area contributed by atoms with Crippen molar-refractivity contribution in [3.63, 3.8) is 0 Å². The summed E-state index contributed by atoms with van der Waals surface area (Å²) in [5, 5.41) is 0. The van der Waals surface area contributed by atoms with Crippen LogP contribution in [0, 0.1) is 27.6 Å². The summed E-state index contributed by atoms with van der Waals surface area (Å²) < 4.78 is 51.9. The standard InChI is InChI=1S/C27H27N2/c1-18-10-12-22(13-11-18)23-14-20(3)26(21(4)15-23)25-16-28-17-29(5)27(25)24-9-7-6-8-19(24)2/h6-17H,1-5H3/q+1/i3D3,4D3. The summed E-state index contributed by atoms with van der Waals surface area (Å²) in [4.78, 5) is 4.31. The number of rotatable bonds is 3. The molecule has 2 heteroatoms. The minimum absolute atomic E-state index is 0.00969. The first-order valence-electron chi connectivity index (χ1n) is 12.5. The van der Waals surface area contributed by atoms with Crippen molar-refractivity contribution in [1.29, 1.82) is 0 Å². The van der Waals surface area contributed by atoms with Crippen LogP contribution in [0.4, 0.5) is 0 Å². The van der Waals surface area contributed by atoms with Crippen molar-refractivity contribution >= 4 is 0 Å². The van der Waals surface area contributed by atoms with Crippen LogP contribution in [-0.2, 0) is 7.05 Å². The zero-order valence-corrected chi connectivity index (χ0v) is 16.8. The minimum Gasteiger partial charge on any atom is -0.232 e. The van der Waals surface area contributed by atoms with Crippen LogP contribution in [-0.4, -0.2) is 4.98 Å². The van der Waals surface area contributed by atoms with Gasteiger partial charge >= 0.3 is 0 Å². The second-order valence-corrected chi connectivity index (χ2v) is 7.39. The molecule has 4 rings (SSSR count). The lowest BCUT2D eigenvalue weighted by molar-refractivity contribution is -0.663. The Balaban J connectivity index is 2.14. The van der Waals surface area contributed by atoms with E-state index in [1.165, 1.54) is 0 Å². The highest BCUT2D eigenvalue weighted by molar-refractivity contribution is 5.84. The van der Waals surface area contributed by atoms with Crippen LogP contribution in [0.25, 0.3) is 33.5 Å². The zero-order valence-electron chi connectivity index (χ0n) is 22.8. The molecule has 4 aromatic rings. The Morgan fingerprint density at radius 2 is 1.48 bits per heavy atom. The maximum absolute atomic E-state index is 8.35. The lowest BCUT2D eigenvalue weighted by Gasteiger charge is -2.16. The van der Waals surface area contributed by atoms with Crippen LogP contribution in [0.5, 0.6) is 0 Å². The monoisotopic (exact) mass is 385 g/mol. The summed E-state index contributed by atoms with van der Waals surface area (Å²) in [5.41, 5.74) is 5.57. The molecule has 0 bridgehead atoms. The van der Waals surface area contributed by atoms with Crippen molar-refractivity contribution in [3.8, 4) is 33.5 Å². The lowest BCUT2D eigenvalue weighted by Crippen LogP contribution is -2.32. The molecule has 0 aliphatic heterocycles. The van der Waals surface area contributed by atoms with E-state index in [9.17, 15) is 0 Å². The van der Waals surface area contributed by atoms with Gasteiger partial charge in [0.05, 0.1) is 12.6 Å². The predicted molar refractivity (Wildman–Crippen MR) is 121 cm³/mol. The van der Waals surface area contributed by atoms with Gasteiger partial charge in [-0.15, -0.1) is 0 Å². The van der Waals surface area contributed by atoms with Crippen LogP contribution in [0.3, 0.4) is 0 Å². The van der Waals surface area contributed by atoms with Crippen LogP contribution in [0.1, 0.15) is 30.5 Å². The molecule has 0 unspecified atom stereocenters.